The van der Waals surface area contributed by atoms with E-state index in [1.807, 2.05) is 29.6 Å². The molecule has 0 aliphatic carbocycles. The van der Waals surface area contributed by atoms with Crippen molar-refractivity contribution in [2.75, 3.05) is 5.75 Å². The molecule has 1 aromatic heterocycles. The molecule has 1 unspecified atom stereocenters. The Balaban J connectivity index is 2.25. The fourth-order valence-electron chi connectivity index (χ4n) is 1.39. The molecule has 0 fully saturated rings. The molecule has 0 bridgehead atoms. The van der Waals surface area contributed by atoms with Crippen molar-refractivity contribution in [2.45, 2.75) is 44.5 Å². The van der Waals surface area contributed by atoms with E-state index in [1.165, 1.54) is 5.69 Å². The van der Waals surface area contributed by atoms with Gasteiger partial charge in [-0.15, -0.1) is 0 Å². The van der Waals surface area contributed by atoms with Gasteiger partial charge >= 0.3 is 0 Å². The highest BCUT2D eigenvalue weighted by molar-refractivity contribution is 8.00. The lowest BCUT2D eigenvalue weighted by atomic mass is 10.2. The van der Waals surface area contributed by atoms with Crippen molar-refractivity contribution >= 4 is 11.8 Å². The van der Waals surface area contributed by atoms with Gasteiger partial charge in [-0.2, -0.15) is 16.9 Å². The molecule has 1 aromatic rings. The summed E-state index contributed by atoms with van der Waals surface area (Å²) in [7, 11) is 1.94. The van der Waals surface area contributed by atoms with Crippen LogP contribution in [0, 0.1) is 0 Å². The maximum Gasteiger partial charge on any atom is 0.0634 e. The van der Waals surface area contributed by atoms with Crippen LogP contribution in [0.15, 0.2) is 12.3 Å². The van der Waals surface area contributed by atoms with Gasteiger partial charge in [-0.1, -0.05) is 20.8 Å². The predicted octanol–water partition coefficient (Wildman–Crippen LogP) is 2.25. The molecule has 0 aromatic carbocycles. The van der Waals surface area contributed by atoms with E-state index in [-0.39, 0.29) is 10.9 Å². The number of aliphatic hydroxyl groups excluding tert-OH is 1. The van der Waals surface area contributed by atoms with Crippen LogP contribution in [0.2, 0.25) is 0 Å². The summed E-state index contributed by atoms with van der Waals surface area (Å²) in [4.78, 5) is 0. The zero-order valence-corrected chi connectivity index (χ0v) is 11.4. The zero-order chi connectivity index (χ0) is 12.2. The number of aryl methyl sites for hydroxylation is 2. The number of aliphatic hydroxyl groups is 1. The summed E-state index contributed by atoms with van der Waals surface area (Å²) in [5.41, 5.74) is 1.18. The average Bonchev–Trinajstić information content (AvgIpc) is 2.57. The summed E-state index contributed by atoms with van der Waals surface area (Å²) in [6.45, 7) is 6.52. The maximum atomic E-state index is 9.85. The third kappa shape index (κ3) is 5.03. The van der Waals surface area contributed by atoms with Gasteiger partial charge in [-0.25, -0.2) is 0 Å². The Morgan fingerprint density at radius 3 is 2.69 bits per heavy atom. The van der Waals surface area contributed by atoms with Gasteiger partial charge in [0, 0.05) is 29.4 Å². The number of hydrogen-bond donors (Lipinski definition) is 1. The second kappa shape index (κ2) is 5.73. The highest BCUT2D eigenvalue weighted by Crippen LogP contribution is 2.24. The number of nitrogens with zero attached hydrogens (tertiary/aromatic N) is 2. The fraction of sp³-hybridized carbons (Fsp3) is 0.750. The van der Waals surface area contributed by atoms with Crippen LogP contribution in [0.3, 0.4) is 0 Å². The molecule has 3 nitrogen and oxygen atoms in total. The lowest BCUT2D eigenvalue weighted by Crippen LogP contribution is -2.17. The van der Waals surface area contributed by atoms with Gasteiger partial charge < -0.3 is 5.11 Å². The minimum Gasteiger partial charge on any atom is -0.392 e. The first-order valence-corrected chi connectivity index (χ1v) is 6.66. The second-order valence-electron chi connectivity index (χ2n) is 5.06. The molecular weight excluding hydrogens is 220 g/mol. The predicted molar refractivity (Wildman–Crippen MR) is 69.7 cm³/mol. The van der Waals surface area contributed by atoms with Crippen LogP contribution in [0.5, 0.6) is 0 Å². The van der Waals surface area contributed by atoms with E-state index >= 15 is 0 Å². The normalized spacial score (nSPS) is 14.1. The summed E-state index contributed by atoms with van der Waals surface area (Å²) in [6, 6.07) is 2.00. The quantitative estimate of drug-likeness (QED) is 0.860. The topological polar surface area (TPSA) is 38.0 Å². The third-order valence-electron chi connectivity index (χ3n) is 2.36. The second-order valence-corrected chi connectivity index (χ2v) is 6.91. The first-order valence-electron chi connectivity index (χ1n) is 5.67. The summed E-state index contributed by atoms with van der Waals surface area (Å²) >= 11 is 1.81. The van der Waals surface area contributed by atoms with Crippen LogP contribution in [-0.4, -0.2) is 31.5 Å². The van der Waals surface area contributed by atoms with E-state index in [2.05, 4.69) is 25.9 Å². The average molecular weight is 242 g/mol. The fourth-order valence-corrected chi connectivity index (χ4v) is 2.25. The van der Waals surface area contributed by atoms with E-state index in [1.54, 1.807) is 6.20 Å². The minimum atomic E-state index is -0.223. The van der Waals surface area contributed by atoms with Crippen molar-refractivity contribution in [3.05, 3.63) is 18.0 Å². The molecule has 4 heteroatoms. The van der Waals surface area contributed by atoms with Crippen molar-refractivity contribution in [2.24, 2.45) is 7.05 Å². The molecule has 0 spiro atoms. The Labute approximate surface area is 102 Å². The van der Waals surface area contributed by atoms with E-state index in [4.69, 9.17) is 0 Å². The van der Waals surface area contributed by atoms with Crippen molar-refractivity contribution < 1.29 is 5.11 Å². The number of aromatic nitrogens is 2. The molecule has 1 rings (SSSR count). The Morgan fingerprint density at radius 2 is 2.19 bits per heavy atom. The Morgan fingerprint density at radius 1 is 1.50 bits per heavy atom. The monoisotopic (exact) mass is 242 g/mol. The van der Waals surface area contributed by atoms with Crippen molar-refractivity contribution in [1.82, 2.24) is 9.78 Å². The molecule has 16 heavy (non-hydrogen) atoms. The van der Waals surface area contributed by atoms with Crippen LogP contribution in [0.1, 0.15) is 32.9 Å². The van der Waals surface area contributed by atoms with Crippen molar-refractivity contribution in [3.8, 4) is 0 Å². The molecule has 1 atom stereocenters. The van der Waals surface area contributed by atoms with Crippen molar-refractivity contribution in [1.29, 1.82) is 0 Å². The Kier molecular flexibility index (Phi) is 4.87. The molecule has 92 valence electrons. The largest absolute Gasteiger partial charge is 0.392 e. The molecule has 1 heterocycles. The lowest BCUT2D eigenvalue weighted by Gasteiger charge is -2.20. The molecule has 0 saturated carbocycles. The molecular formula is C12H22N2OS. The maximum absolute atomic E-state index is 9.85. The van der Waals surface area contributed by atoms with Gasteiger partial charge in [0.25, 0.3) is 0 Å². The molecule has 0 aliphatic rings. The number of hydrogen-bond acceptors (Lipinski definition) is 3. The summed E-state index contributed by atoms with van der Waals surface area (Å²) in [6.07, 6.45) is 3.27. The van der Waals surface area contributed by atoms with Crippen LogP contribution in [0.25, 0.3) is 0 Å². The highest BCUT2D eigenvalue weighted by Gasteiger charge is 2.14. The molecule has 0 aliphatic heterocycles. The SMILES string of the molecule is Cn1nccc1CCC(O)CSC(C)(C)C. The van der Waals surface area contributed by atoms with Gasteiger partial charge in [0.2, 0.25) is 0 Å². The molecule has 1 N–H and O–H groups in total. The summed E-state index contributed by atoms with van der Waals surface area (Å²) in [5, 5.41) is 14.0. The van der Waals surface area contributed by atoms with E-state index in [0.29, 0.717) is 0 Å². The molecule has 0 saturated heterocycles. The van der Waals surface area contributed by atoms with Gasteiger partial charge in [-0.3, -0.25) is 4.68 Å². The van der Waals surface area contributed by atoms with E-state index < -0.39 is 0 Å². The van der Waals surface area contributed by atoms with Crippen LogP contribution in [0.4, 0.5) is 0 Å². The van der Waals surface area contributed by atoms with Gasteiger partial charge in [0.15, 0.2) is 0 Å². The van der Waals surface area contributed by atoms with E-state index in [9.17, 15) is 5.11 Å². The van der Waals surface area contributed by atoms with Gasteiger partial charge in [0.1, 0.15) is 0 Å². The minimum absolute atomic E-state index is 0.223. The Hall–Kier alpha value is -0.480. The zero-order valence-electron chi connectivity index (χ0n) is 10.6. The summed E-state index contributed by atoms with van der Waals surface area (Å²) < 4.78 is 2.09. The summed E-state index contributed by atoms with van der Waals surface area (Å²) in [5.74, 6) is 0.807. The first kappa shape index (κ1) is 13.6. The number of rotatable bonds is 5. The lowest BCUT2D eigenvalue weighted by molar-refractivity contribution is 0.188. The highest BCUT2D eigenvalue weighted by atomic mass is 32.2. The smallest absolute Gasteiger partial charge is 0.0634 e. The molecule has 0 radical (unpaired) electrons. The van der Waals surface area contributed by atoms with E-state index in [0.717, 1.165) is 18.6 Å². The Bertz CT molecular complexity index is 317. The first-order chi connectivity index (χ1) is 7.38. The van der Waals surface area contributed by atoms with Crippen LogP contribution in [-0.2, 0) is 13.5 Å². The van der Waals surface area contributed by atoms with Crippen molar-refractivity contribution in [3.63, 3.8) is 0 Å². The van der Waals surface area contributed by atoms with Crippen LogP contribution < -0.4 is 0 Å². The molecule has 0 amide bonds. The van der Waals surface area contributed by atoms with Gasteiger partial charge in [-0.05, 0) is 18.9 Å². The standard InChI is InChI=1S/C12H22N2OS/c1-12(2,3)16-9-11(15)6-5-10-7-8-13-14(10)4/h7-8,11,15H,5-6,9H2,1-4H3. The van der Waals surface area contributed by atoms with Crippen LogP contribution >= 0.6 is 11.8 Å². The number of thioether (sulfide) groups is 1. The third-order valence-corrected chi connectivity index (χ3v) is 3.78. The van der Waals surface area contributed by atoms with Gasteiger partial charge in [0.05, 0.1) is 6.10 Å².